The number of nitrogens with one attached hydrogen (secondary N) is 4. The summed E-state index contributed by atoms with van der Waals surface area (Å²) in [6.45, 7) is 16.4. The third kappa shape index (κ3) is 10.5. The van der Waals surface area contributed by atoms with Crippen LogP contribution in [-0.2, 0) is 30.5 Å². The highest BCUT2D eigenvalue weighted by molar-refractivity contribution is 6.37. The number of nitrogens with zero attached hydrogens (tertiary/aromatic N) is 2. The largest absolute Gasteiger partial charge is 0.351 e. The highest BCUT2D eigenvalue weighted by Crippen LogP contribution is 2.26. The standard InChI is InChI=1S/C30H48N6O6/c1-8-14-31-27(40)22(37)17-32-26(39)21-12-11-16-36(21)28(41)25(30(5,6)7)34-20-42-19-33-23(29(2,3)4)18-35-15-10-9-13-24(35)38/h8-10,13,15,21,23,25,33-34H,1,11-12,14,16-20H2,2-7H3,(H,31,40)(H,32,39)/t21-,23+,25+/m0/s1. The number of amides is 3. The fourth-order valence-electron chi connectivity index (χ4n) is 4.67. The Labute approximate surface area is 248 Å². The smallest absolute Gasteiger partial charge is 0.289 e. The average molecular weight is 589 g/mol. The molecule has 12 nitrogen and oxygen atoms in total. The number of hydrogen-bond donors (Lipinski definition) is 4. The normalized spacial score (nSPS) is 16.9. The molecule has 0 saturated carbocycles. The maximum absolute atomic E-state index is 13.6. The number of likely N-dealkylation sites (tertiary alicyclic amines) is 1. The fourth-order valence-corrected chi connectivity index (χ4v) is 4.67. The van der Waals surface area contributed by atoms with Gasteiger partial charge in [-0.05, 0) is 29.7 Å². The van der Waals surface area contributed by atoms with Gasteiger partial charge in [-0.15, -0.1) is 6.58 Å². The summed E-state index contributed by atoms with van der Waals surface area (Å²) >= 11 is 0. The van der Waals surface area contributed by atoms with E-state index in [1.807, 2.05) is 26.8 Å². The molecular formula is C30H48N6O6. The summed E-state index contributed by atoms with van der Waals surface area (Å²) in [5, 5.41) is 11.4. The van der Waals surface area contributed by atoms with Crippen molar-refractivity contribution in [3.05, 3.63) is 47.4 Å². The van der Waals surface area contributed by atoms with E-state index in [4.69, 9.17) is 4.74 Å². The topological polar surface area (TPSA) is 151 Å². The summed E-state index contributed by atoms with van der Waals surface area (Å²) in [5.41, 5.74) is -0.711. The molecule has 4 N–H and O–H groups in total. The summed E-state index contributed by atoms with van der Waals surface area (Å²) < 4.78 is 7.47. The highest BCUT2D eigenvalue weighted by atomic mass is 16.5. The van der Waals surface area contributed by atoms with Crippen molar-refractivity contribution < 1.29 is 23.9 Å². The maximum Gasteiger partial charge on any atom is 0.289 e. The first kappa shape index (κ1) is 34.8. The minimum Gasteiger partial charge on any atom is -0.351 e. The van der Waals surface area contributed by atoms with Crippen LogP contribution in [0.4, 0.5) is 0 Å². The average Bonchev–Trinajstić information content (AvgIpc) is 3.41. The summed E-state index contributed by atoms with van der Waals surface area (Å²) in [7, 11) is 0. The number of hydrogen-bond acceptors (Lipinski definition) is 8. The van der Waals surface area contributed by atoms with Crippen LogP contribution in [0.25, 0.3) is 0 Å². The van der Waals surface area contributed by atoms with Gasteiger partial charge in [0.1, 0.15) is 6.04 Å². The predicted octanol–water partition coefficient (Wildman–Crippen LogP) is 0.767. The molecule has 12 heteroatoms. The minimum absolute atomic E-state index is 0.0542. The zero-order valence-electron chi connectivity index (χ0n) is 25.8. The second-order valence-corrected chi connectivity index (χ2v) is 12.6. The van der Waals surface area contributed by atoms with E-state index in [-0.39, 0.29) is 42.9 Å². The highest BCUT2D eigenvalue weighted by Gasteiger charge is 2.41. The summed E-state index contributed by atoms with van der Waals surface area (Å²) in [6.07, 6.45) is 4.32. The molecule has 1 aromatic heterocycles. The Morgan fingerprint density at radius 2 is 1.74 bits per heavy atom. The van der Waals surface area contributed by atoms with E-state index in [9.17, 15) is 24.0 Å². The van der Waals surface area contributed by atoms with Crippen molar-refractivity contribution in [2.75, 3.05) is 33.1 Å². The van der Waals surface area contributed by atoms with Gasteiger partial charge in [-0.3, -0.25) is 34.6 Å². The molecule has 0 aromatic carbocycles. The van der Waals surface area contributed by atoms with Crippen molar-refractivity contribution >= 4 is 23.5 Å². The van der Waals surface area contributed by atoms with Gasteiger partial charge in [-0.25, -0.2) is 0 Å². The maximum atomic E-state index is 13.6. The van der Waals surface area contributed by atoms with E-state index in [0.29, 0.717) is 25.9 Å². The Hall–Kier alpha value is -3.35. The zero-order chi connectivity index (χ0) is 31.5. The lowest BCUT2D eigenvalue weighted by Crippen LogP contribution is -2.57. The molecule has 0 radical (unpaired) electrons. The second kappa shape index (κ2) is 15.8. The van der Waals surface area contributed by atoms with Gasteiger partial charge in [0.25, 0.3) is 11.5 Å². The van der Waals surface area contributed by atoms with E-state index in [1.165, 1.54) is 17.0 Å². The Balaban J connectivity index is 1.94. The molecule has 1 aliphatic rings. The van der Waals surface area contributed by atoms with Gasteiger partial charge in [0, 0.05) is 37.9 Å². The van der Waals surface area contributed by atoms with Crippen LogP contribution < -0.4 is 26.8 Å². The van der Waals surface area contributed by atoms with Crippen LogP contribution in [0.1, 0.15) is 54.4 Å². The third-order valence-electron chi connectivity index (χ3n) is 7.18. The summed E-state index contributed by atoms with van der Waals surface area (Å²) in [4.78, 5) is 64.1. The van der Waals surface area contributed by atoms with E-state index in [1.54, 1.807) is 16.8 Å². The van der Waals surface area contributed by atoms with Crippen LogP contribution >= 0.6 is 0 Å². The zero-order valence-corrected chi connectivity index (χ0v) is 25.8. The van der Waals surface area contributed by atoms with E-state index < -0.39 is 41.6 Å². The quantitative estimate of drug-likeness (QED) is 0.102. The molecule has 0 bridgehead atoms. The van der Waals surface area contributed by atoms with Gasteiger partial charge < -0.3 is 24.8 Å². The molecule has 0 unspecified atom stereocenters. The molecule has 3 amide bonds. The number of rotatable bonds is 15. The molecule has 1 aliphatic heterocycles. The van der Waals surface area contributed by atoms with Crippen molar-refractivity contribution in [3.8, 4) is 0 Å². The molecule has 1 aromatic rings. The van der Waals surface area contributed by atoms with E-state index in [2.05, 4.69) is 48.6 Å². The predicted molar refractivity (Wildman–Crippen MR) is 160 cm³/mol. The first-order valence-electron chi connectivity index (χ1n) is 14.4. The number of pyridine rings is 1. The van der Waals surface area contributed by atoms with Gasteiger partial charge >= 0.3 is 0 Å². The van der Waals surface area contributed by atoms with Gasteiger partial charge in [-0.2, -0.15) is 0 Å². The Bertz CT molecular complexity index is 1150. The van der Waals surface area contributed by atoms with E-state index in [0.717, 1.165) is 0 Å². The number of ether oxygens (including phenoxy) is 1. The minimum atomic E-state index is -0.802. The van der Waals surface area contributed by atoms with Gasteiger partial charge in [0.05, 0.1) is 26.0 Å². The Morgan fingerprint density at radius 1 is 1.05 bits per heavy atom. The van der Waals surface area contributed by atoms with Crippen molar-refractivity contribution in [3.63, 3.8) is 0 Å². The number of aromatic nitrogens is 1. The van der Waals surface area contributed by atoms with E-state index >= 15 is 0 Å². The van der Waals surface area contributed by atoms with Gasteiger partial charge in [-0.1, -0.05) is 53.7 Å². The van der Waals surface area contributed by atoms with Crippen LogP contribution in [-0.4, -0.2) is 84.2 Å². The first-order chi connectivity index (χ1) is 19.7. The SMILES string of the molecule is C=CCNC(=O)C(=O)CNC(=O)[C@@H]1CCCN1C(=O)[C@@H](NCOCN[C@H](Cn1ccccc1=O)C(C)(C)C)C(C)(C)C. The molecule has 0 aliphatic carbocycles. The molecule has 1 saturated heterocycles. The molecule has 1 fully saturated rings. The molecule has 0 spiro atoms. The third-order valence-corrected chi connectivity index (χ3v) is 7.18. The van der Waals surface area contributed by atoms with Crippen LogP contribution in [0.2, 0.25) is 0 Å². The lowest BCUT2D eigenvalue weighted by atomic mass is 9.85. The van der Waals surface area contributed by atoms with Gasteiger partial charge in [0.15, 0.2) is 0 Å². The molecule has 2 rings (SSSR count). The molecule has 42 heavy (non-hydrogen) atoms. The Morgan fingerprint density at radius 3 is 2.36 bits per heavy atom. The molecule has 2 heterocycles. The second-order valence-electron chi connectivity index (χ2n) is 12.6. The number of Topliss-reactive ketones (excluding diaryl/α,β-unsaturated/α-hetero) is 1. The first-order valence-corrected chi connectivity index (χ1v) is 14.4. The molecule has 234 valence electrons. The lowest BCUT2D eigenvalue weighted by molar-refractivity contribution is -0.143. The molecule has 3 atom stereocenters. The Kier molecular flexibility index (Phi) is 13.1. The van der Waals surface area contributed by atoms with Crippen LogP contribution in [0.5, 0.6) is 0 Å². The van der Waals surface area contributed by atoms with Crippen molar-refractivity contribution in [1.82, 2.24) is 30.7 Å². The molecular weight excluding hydrogens is 540 g/mol. The van der Waals surface area contributed by atoms with Crippen molar-refractivity contribution in [2.24, 2.45) is 10.8 Å². The number of carbonyl (C=O) groups excluding carboxylic acids is 4. The van der Waals surface area contributed by atoms with Crippen molar-refractivity contribution in [2.45, 2.75) is 79.1 Å². The lowest BCUT2D eigenvalue weighted by Gasteiger charge is -2.35. The van der Waals surface area contributed by atoms with Crippen LogP contribution in [0.3, 0.4) is 0 Å². The monoisotopic (exact) mass is 588 g/mol. The summed E-state index contributed by atoms with van der Waals surface area (Å²) in [5.74, 6) is -2.28. The van der Waals surface area contributed by atoms with Gasteiger partial charge in [0.2, 0.25) is 17.6 Å². The number of carbonyl (C=O) groups is 4. The van der Waals surface area contributed by atoms with Crippen molar-refractivity contribution in [1.29, 1.82) is 0 Å². The van der Waals surface area contributed by atoms with Crippen LogP contribution in [0.15, 0.2) is 41.8 Å². The number of ketones is 1. The summed E-state index contributed by atoms with van der Waals surface area (Å²) in [6, 6.07) is 3.64. The fraction of sp³-hybridized carbons (Fsp3) is 0.633. The van der Waals surface area contributed by atoms with Crippen LogP contribution in [0, 0.1) is 10.8 Å².